The van der Waals surface area contributed by atoms with E-state index in [0.29, 0.717) is 12.0 Å². The van der Waals surface area contributed by atoms with Crippen LogP contribution in [0, 0.1) is 0 Å². The van der Waals surface area contributed by atoms with Crippen LogP contribution < -0.4 is 5.73 Å². The summed E-state index contributed by atoms with van der Waals surface area (Å²) in [7, 11) is 0. The smallest absolute Gasteiger partial charge is 0.131 e. The molecule has 0 atom stereocenters. The van der Waals surface area contributed by atoms with E-state index in [9.17, 15) is 0 Å². The number of nitrogens with two attached hydrogens (primary N) is 1. The number of anilines is 1. The lowest BCUT2D eigenvalue weighted by Gasteiger charge is -2.12. The summed E-state index contributed by atoms with van der Waals surface area (Å²) in [5, 5.41) is 0. The molecule has 0 spiro atoms. The number of rotatable bonds is 4. The minimum Gasteiger partial charge on any atom is -0.383 e. The first-order valence-electron chi connectivity index (χ1n) is 7.42. The van der Waals surface area contributed by atoms with Crippen LogP contribution in [-0.4, -0.2) is 9.55 Å². The number of aromatic nitrogens is 2. The highest BCUT2D eigenvalue weighted by atomic mass is 15.2. The summed E-state index contributed by atoms with van der Waals surface area (Å²) in [6, 6.07) is 8.91. The van der Waals surface area contributed by atoms with Crippen molar-refractivity contribution in [2.45, 2.75) is 53.0 Å². The molecule has 2 N–H and O–H groups in total. The molecule has 0 aliphatic carbocycles. The monoisotopic (exact) mass is 271 g/mol. The van der Waals surface area contributed by atoms with Gasteiger partial charge in [0.25, 0.3) is 0 Å². The molecule has 1 aromatic heterocycles. The summed E-state index contributed by atoms with van der Waals surface area (Å²) in [5.41, 5.74) is 9.66. The van der Waals surface area contributed by atoms with E-state index < -0.39 is 0 Å². The summed E-state index contributed by atoms with van der Waals surface area (Å²) in [5.74, 6) is 2.37. The Bertz CT molecular complexity index is 577. The Labute approximate surface area is 121 Å². The molecular formula is C17H25N3. The number of aryl methyl sites for hydroxylation is 1. The molecule has 108 valence electrons. The van der Waals surface area contributed by atoms with Crippen LogP contribution in [0.5, 0.6) is 0 Å². The molecule has 3 heteroatoms. The predicted molar refractivity (Wildman–Crippen MR) is 85.9 cm³/mol. The van der Waals surface area contributed by atoms with Crippen molar-refractivity contribution >= 4 is 5.82 Å². The first kappa shape index (κ1) is 14.6. The molecule has 20 heavy (non-hydrogen) atoms. The van der Waals surface area contributed by atoms with Crippen molar-refractivity contribution < 1.29 is 0 Å². The standard InChI is InChI=1S/C17H25N3/c1-6-15-19-16(17(18)20(15)12(4)5)14-9-7-13(8-10-14)11(2)3/h7-12H,6,18H2,1-5H3. The maximum absolute atomic E-state index is 6.31. The summed E-state index contributed by atoms with van der Waals surface area (Å²) in [6.45, 7) is 10.8. The lowest BCUT2D eigenvalue weighted by atomic mass is 10.0. The Hall–Kier alpha value is -1.77. The Kier molecular flexibility index (Phi) is 4.17. The third-order valence-electron chi connectivity index (χ3n) is 3.70. The van der Waals surface area contributed by atoms with Gasteiger partial charge in [-0.15, -0.1) is 0 Å². The normalized spacial score (nSPS) is 11.6. The zero-order valence-corrected chi connectivity index (χ0v) is 13.1. The van der Waals surface area contributed by atoms with Crippen LogP contribution in [0.2, 0.25) is 0 Å². The predicted octanol–water partition coefficient (Wildman–Crippen LogP) is 4.40. The van der Waals surface area contributed by atoms with E-state index in [0.717, 1.165) is 29.3 Å². The van der Waals surface area contributed by atoms with Gasteiger partial charge in [-0.3, -0.25) is 0 Å². The van der Waals surface area contributed by atoms with Gasteiger partial charge < -0.3 is 10.3 Å². The molecule has 1 heterocycles. The highest BCUT2D eigenvalue weighted by molar-refractivity contribution is 5.71. The molecule has 2 aromatic rings. The largest absolute Gasteiger partial charge is 0.383 e. The zero-order chi connectivity index (χ0) is 14.9. The molecule has 0 unspecified atom stereocenters. The molecule has 0 saturated heterocycles. The molecule has 2 rings (SSSR count). The number of nitrogens with zero attached hydrogens (tertiary/aromatic N) is 2. The van der Waals surface area contributed by atoms with Gasteiger partial charge in [0.15, 0.2) is 0 Å². The van der Waals surface area contributed by atoms with E-state index >= 15 is 0 Å². The summed E-state index contributed by atoms with van der Waals surface area (Å²) >= 11 is 0. The minimum absolute atomic E-state index is 0.334. The highest BCUT2D eigenvalue weighted by Gasteiger charge is 2.17. The minimum atomic E-state index is 0.334. The van der Waals surface area contributed by atoms with E-state index in [-0.39, 0.29) is 0 Å². The quantitative estimate of drug-likeness (QED) is 0.895. The van der Waals surface area contributed by atoms with E-state index in [1.54, 1.807) is 0 Å². The Morgan fingerprint density at radius 2 is 1.70 bits per heavy atom. The van der Waals surface area contributed by atoms with E-state index in [2.05, 4.69) is 63.5 Å². The van der Waals surface area contributed by atoms with Crippen LogP contribution in [0.25, 0.3) is 11.3 Å². The summed E-state index contributed by atoms with van der Waals surface area (Å²) in [6.07, 6.45) is 0.895. The molecule has 0 aliphatic heterocycles. The second kappa shape index (κ2) is 5.70. The SMILES string of the molecule is CCc1nc(-c2ccc(C(C)C)cc2)c(N)n1C(C)C. The average molecular weight is 271 g/mol. The fourth-order valence-electron chi connectivity index (χ4n) is 2.56. The van der Waals surface area contributed by atoms with Crippen molar-refractivity contribution in [1.82, 2.24) is 9.55 Å². The molecule has 0 bridgehead atoms. The van der Waals surface area contributed by atoms with Crippen LogP contribution >= 0.6 is 0 Å². The first-order chi connectivity index (χ1) is 9.45. The molecule has 0 aliphatic rings. The fourth-order valence-corrected chi connectivity index (χ4v) is 2.56. The van der Waals surface area contributed by atoms with Gasteiger partial charge in [0.05, 0.1) is 0 Å². The van der Waals surface area contributed by atoms with Crippen molar-refractivity contribution in [1.29, 1.82) is 0 Å². The van der Waals surface area contributed by atoms with Gasteiger partial charge in [-0.2, -0.15) is 0 Å². The number of benzene rings is 1. The van der Waals surface area contributed by atoms with Crippen LogP contribution in [0.1, 0.15) is 58.0 Å². The van der Waals surface area contributed by atoms with Crippen LogP contribution in [0.4, 0.5) is 5.82 Å². The lowest BCUT2D eigenvalue weighted by Crippen LogP contribution is -2.08. The molecule has 0 radical (unpaired) electrons. The van der Waals surface area contributed by atoms with Gasteiger partial charge in [-0.1, -0.05) is 45.0 Å². The fraction of sp³-hybridized carbons (Fsp3) is 0.471. The van der Waals surface area contributed by atoms with Gasteiger partial charge in [-0.25, -0.2) is 4.98 Å². The van der Waals surface area contributed by atoms with Crippen LogP contribution in [0.3, 0.4) is 0 Å². The maximum Gasteiger partial charge on any atom is 0.131 e. The van der Waals surface area contributed by atoms with Crippen molar-refractivity contribution in [2.75, 3.05) is 5.73 Å². The second-order valence-corrected chi connectivity index (χ2v) is 5.86. The Morgan fingerprint density at radius 1 is 1.10 bits per heavy atom. The molecule has 0 fully saturated rings. The summed E-state index contributed by atoms with van der Waals surface area (Å²) < 4.78 is 2.13. The van der Waals surface area contributed by atoms with Crippen LogP contribution in [0.15, 0.2) is 24.3 Å². The van der Waals surface area contributed by atoms with E-state index in [1.807, 2.05) is 0 Å². The maximum atomic E-state index is 6.31. The zero-order valence-electron chi connectivity index (χ0n) is 13.1. The molecule has 3 nitrogen and oxygen atoms in total. The highest BCUT2D eigenvalue weighted by Crippen LogP contribution is 2.30. The number of hydrogen-bond acceptors (Lipinski definition) is 2. The third kappa shape index (κ3) is 2.58. The average Bonchev–Trinajstić information content (AvgIpc) is 2.75. The topological polar surface area (TPSA) is 43.8 Å². The van der Waals surface area contributed by atoms with Crippen molar-refractivity contribution in [3.63, 3.8) is 0 Å². The van der Waals surface area contributed by atoms with E-state index in [1.165, 1.54) is 5.56 Å². The summed E-state index contributed by atoms with van der Waals surface area (Å²) in [4.78, 5) is 4.73. The molecule has 1 aromatic carbocycles. The van der Waals surface area contributed by atoms with Gasteiger partial charge in [-0.05, 0) is 25.3 Å². The number of imidazole rings is 1. The molecule has 0 saturated carbocycles. The third-order valence-corrected chi connectivity index (χ3v) is 3.70. The Balaban J connectivity index is 2.47. The van der Waals surface area contributed by atoms with Crippen molar-refractivity contribution in [3.05, 3.63) is 35.7 Å². The lowest BCUT2D eigenvalue weighted by molar-refractivity contribution is 0.579. The van der Waals surface area contributed by atoms with Crippen LogP contribution in [-0.2, 0) is 6.42 Å². The first-order valence-corrected chi connectivity index (χ1v) is 7.42. The second-order valence-electron chi connectivity index (χ2n) is 5.86. The van der Waals surface area contributed by atoms with Gasteiger partial charge in [0, 0.05) is 18.0 Å². The number of hydrogen-bond donors (Lipinski definition) is 1. The van der Waals surface area contributed by atoms with Gasteiger partial charge in [0.1, 0.15) is 17.3 Å². The number of nitrogen functional groups attached to an aromatic ring is 1. The van der Waals surface area contributed by atoms with Crippen molar-refractivity contribution in [3.8, 4) is 11.3 Å². The molecular weight excluding hydrogens is 246 g/mol. The van der Waals surface area contributed by atoms with Gasteiger partial charge in [0.2, 0.25) is 0 Å². The van der Waals surface area contributed by atoms with Crippen molar-refractivity contribution in [2.24, 2.45) is 0 Å². The van der Waals surface area contributed by atoms with E-state index in [4.69, 9.17) is 10.7 Å². The molecule has 0 amide bonds. The Morgan fingerprint density at radius 3 is 2.10 bits per heavy atom. The van der Waals surface area contributed by atoms with Gasteiger partial charge >= 0.3 is 0 Å².